The van der Waals surface area contributed by atoms with Crippen molar-refractivity contribution in [3.05, 3.63) is 12.4 Å². The Morgan fingerprint density at radius 1 is 1.33 bits per heavy atom. The van der Waals surface area contributed by atoms with E-state index in [-0.39, 0.29) is 11.7 Å². The van der Waals surface area contributed by atoms with Crippen molar-refractivity contribution in [1.82, 2.24) is 15.3 Å². The van der Waals surface area contributed by atoms with E-state index in [4.69, 9.17) is 10.0 Å². The lowest BCUT2D eigenvalue weighted by atomic mass is 10.2. The van der Waals surface area contributed by atoms with E-state index in [1.807, 2.05) is 4.90 Å². The minimum atomic E-state index is -1.89. The summed E-state index contributed by atoms with van der Waals surface area (Å²) < 4.78 is 4.60. The maximum absolute atomic E-state index is 11.2. The van der Waals surface area contributed by atoms with Crippen molar-refractivity contribution in [3.63, 3.8) is 0 Å². The monoisotopic (exact) mass is 252 g/mol. The predicted octanol–water partition coefficient (Wildman–Crippen LogP) is -1.85. The van der Waals surface area contributed by atoms with Gasteiger partial charge < -0.3 is 24.9 Å². The number of rotatable bonds is 3. The van der Waals surface area contributed by atoms with Crippen LogP contribution in [0.2, 0.25) is 0 Å². The van der Waals surface area contributed by atoms with Gasteiger partial charge in [-0.15, -0.1) is 0 Å². The molecule has 0 atom stereocenters. The van der Waals surface area contributed by atoms with Gasteiger partial charge in [-0.3, -0.25) is 4.79 Å². The number of anilines is 1. The SMILES string of the molecule is O=C1CCN(c2ncc(OB(O)O)cn2)CCN1. The summed E-state index contributed by atoms with van der Waals surface area (Å²) in [5, 5.41) is 20.0. The van der Waals surface area contributed by atoms with Gasteiger partial charge in [0.05, 0.1) is 12.4 Å². The number of carbonyl (C=O) groups is 1. The molecule has 18 heavy (non-hydrogen) atoms. The number of nitrogens with zero attached hydrogens (tertiary/aromatic N) is 3. The van der Waals surface area contributed by atoms with Gasteiger partial charge in [0.1, 0.15) is 5.75 Å². The average Bonchev–Trinajstić information content (AvgIpc) is 2.54. The molecule has 96 valence electrons. The van der Waals surface area contributed by atoms with Gasteiger partial charge in [-0.25, -0.2) is 9.97 Å². The number of hydrogen-bond acceptors (Lipinski definition) is 7. The van der Waals surface area contributed by atoms with E-state index in [2.05, 4.69) is 19.9 Å². The van der Waals surface area contributed by atoms with Crippen molar-refractivity contribution in [2.24, 2.45) is 0 Å². The Kier molecular flexibility index (Phi) is 3.95. The van der Waals surface area contributed by atoms with E-state index in [9.17, 15) is 4.79 Å². The minimum absolute atomic E-state index is 0.0147. The Hall–Kier alpha value is -1.87. The molecule has 3 N–H and O–H groups in total. The number of nitrogens with one attached hydrogen (secondary N) is 1. The molecule has 0 saturated carbocycles. The summed E-state index contributed by atoms with van der Waals surface area (Å²) in [7, 11) is -1.89. The molecule has 2 heterocycles. The summed E-state index contributed by atoms with van der Waals surface area (Å²) in [6.45, 7) is 1.74. The second-order valence-electron chi connectivity index (χ2n) is 3.75. The lowest BCUT2D eigenvalue weighted by Gasteiger charge is -2.19. The highest BCUT2D eigenvalue weighted by Gasteiger charge is 2.16. The van der Waals surface area contributed by atoms with Crippen LogP contribution in [0.1, 0.15) is 6.42 Å². The van der Waals surface area contributed by atoms with Gasteiger partial charge in [-0.05, 0) is 0 Å². The smallest absolute Gasteiger partial charge is 0.509 e. The van der Waals surface area contributed by atoms with Crippen LogP contribution in [0.15, 0.2) is 12.4 Å². The Bertz CT molecular complexity index is 414. The van der Waals surface area contributed by atoms with E-state index >= 15 is 0 Å². The summed E-state index contributed by atoms with van der Waals surface area (Å²) in [6, 6.07) is 0. The van der Waals surface area contributed by atoms with E-state index in [1.165, 1.54) is 12.4 Å². The third kappa shape index (κ3) is 3.31. The average molecular weight is 252 g/mol. The second kappa shape index (κ2) is 5.65. The van der Waals surface area contributed by atoms with Crippen LogP contribution in [0, 0.1) is 0 Å². The van der Waals surface area contributed by atoms with Crippen molar-refractivity contribution < 1.29 is 19.5 Å². The van der Waals surface area contributed by atoms with E-state index in [1.54, 1.807) is 0 Å². The van der Waals surface area contributed by atoms with Gasteiger partial charge in [0.2, 0.25) is 11.9 Å². The lowest BCUT2D eigenvalue weighted by molar-refractivity contribution is -0.120. The molecular formula is C9H13BN4O4. The highest BCUT2D eigenvalue weighted by atomic mass is 16.6. The molecule has 2 rings (SSSR count). The molecule has 1 aromatic heterocycles. The van der Waals surface area contributed by atoms with Crippen LogP contribution >= 0.6 is 0 Å². The van der Waals surface area contributed by atoms with Crippen LogP contribution in [0.3, 0.4) is 0 Å². The Balaban J connectivity index is 2.02. The topological polar surface area (TPSA) is 108 Å². The van der Waals surface area contributed by atoms with Gasteiger partial charge in [0.15, 0.2) is 0 Å². The van der Waals surface area contributed by atoms with Gasteiger partial charge in [0, 0.05) is 26.1 Å². The van der Waals surface area contributed by atoms with Gasteiger partial charge in [-0.1, -0.05) is 0 Å². The molecular weight excluding hydrogens is 239 g/mol. The fourth-order valence-electron chi connectivity index (χ4n) is 1.62. The zero-order valence-corrected chi connectivity index (χ0v) is 9.61. The molecule has 8 nitrogen and oxygen atoms in total. The quantitative estimate of drug-likeness (QED) is 0.542. The molecule has 1 fully saturated rings. The lowest BCUT2D eigenvalue weighted by Crippen LogP contribution is -2.29. The second-order valence-corrected chi connectivity index (χ2v) is 3.75. The van der Waals surface area contributed by atoms with Crippen molar-refractivity contribution in [1.29, 1.82) is 0 Å². The standard InChI is InChI=1S/C9H13BN4O4/c15-8-1-3-14(4-2-11-8)9-12-5-7(6-13-9)18-10(16)17/h5-6,16-17H,1-4H2,(H,11,15). The summed E-state index contributed by atoms with van der Waals surface area (Å²) >= 11 is 0. The van der Waals surface area contributed by atoms with Crippen LogP contribution < -0.4 is 14.9 Å². The molecule has 0 aliphatic carbocycles. The van der Waals surface area contributed by atoms with Gasteiger partial charge >= 0.3 is 7.32 Å². The van der Waals surface area contributed by atoms with Crippen molar-refractivity contribution in [2.45, 2.75) is 6.42 Å². The van der Waals surface area contributed by atoms with Crippen LogP contribution in [-0.4, -0.2) is 52.9 Å². The zero-order valence-electron chi connectivity index (χ0n) is 9.61. The maximum atomic E-state index is 11.2. The molecule has 0 spiro atoms. The van der Waals surface area contributed by atoms with Crippen molar-refractivity contribution >= 4 is 19.2 Å². The summed E-state index contributed by atoms with van der Waals surface area (Å²) in [6.07, 6.45) is 3.10. The molecule has 1 aliphatic heterocycles. The Labute approximate surface area is 104 Å². The molecule has 0 bridgehead atoms. The zero-order chi connectivity index (χ0) is 13.0. The van der Waals surface area contributed by atoms with E-state index in [0.29, 0.717) is 32.0 Å². The molecule has 9 heteroatoms. The third-order valence-corrected chi connectivity index (χ3v) is 2.45. The molecule has 1 aromatic rings. The number of aromatic nitrogens is 2. The van der Waals surface area contributed by atoms with Crippen LogP contribution in [0.5, 0.6) is 5.75 Å². The van der Waals surface area contributed by atoms with Crippen molar-refractivity contribution in [3.8, 4) is 5.75 Å². The normalized spacial score (nSPS) is 15.9. The fourth-order valence-corrected chi connectivity index (χ4v) is 1.62. The first-order valence-electron chi connectivity index (χ1n) is 5.51. The van der Waals surface area contributed by atoms with Crippen molar-refractivity contribution in [2.75, 3.05) is 24.5 Å². The maximum Gasteiger partial charge on any atom is 0.707 e. The van der Waals surface area contributed by atoms with Gasteiger partial charge in [0.25, 0.3) is 0 Å². The summed E-state index contributed by atoms with van der Waals surface area (Å²) in [5.74, 6) is 0.657. The van der Waals surface area contributed by atoms with Crippen LogP contribution in [0.4, 0.5) is 5.95 Å². The summed E-state index contributed by atoms with van der Waals surface area (Å²) in [4.78, 5) is 21.2. The first kappa shape index (κ1) is 12.6. The van der Waals surface area contributed by atoms with E-state index in [0.717, 1.165) is 0 Å². The fraction of sp³-hybridized carbons (Fsp3) is 0.444. The first-order chi connectivity index (χ1) is 8.65. The molecule has 0 unspecified atom stereocenters. The number of hydrogen-bond donors (Lipinski definition) is 3. The third-order valence-electron chi connectivity index (χ3n) is 2.45. The highest BCUT2D eigenvalue weighted by molar-refractivity contribution is 6.33. The molecule has 0 aromatic carbocycles. The van der Waals surface area contributed by atoms with Crippen LogP contribution in [0.25, 0.3) is 0 Å². The van der Waals surface area contributed by atoms with E-state index < -0.39 is 7.32 Å². The van der Waals surface area contributed by atoms with Gasteiger partial charge in [-0.2, -0.15) is 0 Å². The molecule has 1 aliphatic rings. The molecule has 1 saturated heterocycles. The minimum Gasteiger partial charge on any atom is -0.509 e. The number of amides is 1. The predicted molar refractivity (Wildman–Crippen MR) is 62.7 cm³/mol. The Morgan fingerprint density at radius 2 is 2.06 bits per heavy atom. The first-order valence-corrected chi connectivity index (χ1v) is 5.51. The largest absolute Gasteiger partial charge is 0.707 e. The highest BCUT2D eigenvalue weighted by Crippen LogP contribution is 2.13. The molecule has 1 amide bonds. The number of carbonyl (C=O) groups excluding carboxylic acids is 1. The van der Waals surface area contributed by atoms with Crippen LogP contribution in [-0.2, 0) is 4.79 Å². The molecule has 0 radical (unpaired) electrons. The Morgan fingerprint density at radius 3 is 2.72 bits per heavy atom. The summed E-state index contributed by atoms with van der Waals surface area (Å²) in [5.41, 5.74) is 0.